The summed E-state index contributed by atoms with van der Waals surface area (Å²) in [5.74, 6) is 0. The molecule has 0 bridgehead atoms. The minimum atomic E-state index is 0.216. The van der Waals surface area contributed by atoms with Crippen molar-refractivity contribution in [1.29, 1.82) is 0 Å². The zero-order valence-corrected chi connectivity index (χ0v) is 11.2. The van der Waals surface area contributed by atoms with Gasteiger partial charge >= 0.3 is 0 Å². The van der Waals surface area contributed by atoms with Crippen molar-refractivity contribution in [2.45, 2.75) is 20.0 Å². The topological polar surface area (TPSA) is 29.5 Å². The van der Waals surface area contributed by atoms with Crippen molar-refractivity contribution in [3.63, 3.8) is 0 Å². The van der Waals surface area contributed by atoms with Crippen LogP contribution >= 0.6 is 11.6 Å². The first-order valence-corrected chi connectivity index (χ1v) is 6.00. The number of benzene rings is 1. The molecule has 0 aliphatic carbocycles. The maximum Gasteiger partial charge on any atom is 0.153 e. The molecule has 0 N–H and O–H groups in total. The van der Waals surface area contributed by atoms with Crippen molar-refractivity contribution in [2.75, 3.05) is 25.1 Å². The lowest BCUT2D eigenvalue weighted by Gasteiger charge is -2.21. The molecule has 0 spiro atoms. The summed E-state index contributed by atoms with van der Waals surface area (Å²) in [5, 5.41) is 0.481. The summed E-state index contributed by atoms with van der Waals surface area (Å²) in [7, 11) is 1.92. The van der Waals surface area contributed by atoms with Crippen LogP contribution in [0.5, 0.6) is 0 Å². The summed E-state index contributed by atoms with van der Waals surface area (Å²) in [6, 6.07) is 5.43. The average Bonchev–Trinajstić information content (AvgIpc) is 2.28. The third-order valence-corrected chi connectivity index (χ3v) is 2.77. The van der Waals surface area contributed by atoms with E-state index in [0.29, 0.717) is 17.2 Å². The van der Waals surface area contributed by atoms with Crippen molar-refractivity contribution in [3.05, 3.63) is 28.8 Å². The summed E-state index contributed by atoms with van der Waals surface area (Å²) in [4.78, 5) is 13.0. The van der Waals surface area contributed by atoms with E-state index in [1.807, 2.05) is 37.9 Å². The number of halogens is 1. The first kappa shape index (κ1) is 14.0. The Hall–Kier alpha value is -1.06. The second-order valence-corrected chi connectivity index (χ2v) is 4.54. The molecule has 4 heteroatoms. The highest BCUT2D eigenvalue weighted by Crippen LogP contribution is 2.24. The summed E-state index contributed by atoms with van der Waals surface area (Å²) in [5.41, 5.74) is 1.36. The Morgan fingerprint density at radius 1 is 1.47 bits per heavy atom. The van der Waals surface area contributed by atoms with Crippen LogP contribution in [0.3, 0.4) is 0 Å². The highest BCUT2D eigenvalue weighted by molar-refractivity contribution is 6.33. The molecule has 3 nitrogen and oxygen atoms in total. The number of nitrogens with zero attached hydrogens (tertiary/aromatic N) is 1. The van der Waals surface area contributed by atoms with E-state index >= 15 is 0 Å². The van der Waals surface area contributed by atoms with Crippen LogP contribution in [0.25, 0.3) is 0 Å². The molecule has 0 aromatic heterocycles. The Labute approximate surface area is 107 Å². The normalized spacial score (nSPS) is 10.6. The molecule has 0 radical (unpaired) electrons. The van der Waals surface area contributed by atoms with Crippen molar-refractivity contribution in [1.82, 2.24) is 0 Å². The fourth-order valence-electron chi connectivity index (χ4n) is 1.52. The van der Waals surface area contributed by atoms with E-state index in [9.17, 15) is 4.79 Å². The molecule has 1 aromatic rings. The maximum atomic E-state index is 11.0. The van der Waals surface area contributed by atoms with E-state index in [1.165, 1.54) is 0 Å². The zero-order chi connectivity index (χ0) is 12.8. The van der Waals surface area contributed by atoms with Crippen molar-refractivity contribution in [3.8, 4) is 0 Å². The molecule has 1 aromatic carbocycles. The lowest BCUT2D eigenvalue weighted by molar-refractivity contribution is 0.0845. The molecule has 17 heavy (non-hydrogen) atoms. The molecule has 0 saturated heterocycles. The van der Waals surface area contributed by atoms with Crippen LogP contribution in [0.1, 0.15) is 24.2 Å². The molecular weight excluding hydrogens is 238 g/mol. The molecule has 0 saturated carbocycles. The highest BCUT2D eigenvalue weighted by atomic mass is 35.5. The molecule has 0 atom stereocenters. The molecule has 0 fully saturated rings. The summed E-state index contributed by atoms with van der Waals surface area (Å²) in [6.45, 7) is 5.34. The second-order valence-electron chi connectivity index (χ2n) is 4.13. The molecule has 1 rings (SSSR count). The number of hydrogen-bond acceptors (Lipinski definition) is 3. The zero-order valence-electron chi connectivity index (χ0n) is 10.4. The van der Waals surface area contributed by atoms with Crippen LogP contribution in [0.4, 0.5) is 5.69 Å². The number of anilines is 1. The maximum absolute atomic E-state index is 11.0. The van der Waals surface area contributed by atoms with Crippen molar-refractivity contribution in [2.24, 2.45) is 0 Å². The summed E-state index contributed by atoms with van der Waals surface area (Å²) in [6.07, 6.45) is 1.01. The third kappa shape index (κ3) is 4.02. The van der Waals surface area contributed by atoms with Gasteiger partial charge in [0, 0.05) is 19.3 Å². The Bertz CT molecular complexity index is 380. The third-order valence-electron chi connectivity index (χ3n) is 2.44. The predicted molar refractivity (Wildman–Crippen MR) is 71.2 cm³/mol. The average molecular weight is 256 g/mol. The van der Waals surface area contributed by atoms with Crippen molar-refractivity contribution < 1.29 is 9.53 Å². The number of aldehydes is 1. The first-order chi connectivity index (χ1) is 8.06. The largest absolute Gasteiger partial charge is 0.377 e. The van der Waals surface area contributed by atoms with Gasteiger partial charge in [-0.3, -0.25) is 4.79 Å². The van der Waals surface area contributed by atoms with Gasteiger partial charge in [-0.1, -0.05) is 17.7 Å². The quantitative estimate of drug-likeness (QED) is 0.732. The SMILES string of the molecule is CC(C)OCCN(C)c1cccc(Cl)c1C=O. The lowest BCUT2D eigenvalue weighted by Crippen LogP contribution is -2.24. The molecule has 0 heterocycles. The van der Waals surface area contributed by atoms with E-state index < -0.39 is 0 Å². The molecule has 0 aliphatic rings. The number of likely N-dealkylation sites (N-methyl/N-ethyl adjacent to an activating group) is 1. The van der Waals surface area contributed by atoms with Gasteiger partial charge in [-0.15, -0.1) is 0 Å². The van der Waals surface area contributed by atoms with E-state index in [1.54, 1.807) is 6.07 Å². The monoisotopic (exact) mass is 255 g/mol. The van der Waals surface area contributed by atoms with Gasteiger partial charge in [0.1, 0.15) is 0 Å². The van der Waals surface area contributed by atoms with Crippen LogP contribution in [0.2, 0.25) is 5.02 Å². The molecule has 0 unspecified atom stereocenters. The van der Waals surface area contributed by atoms with Gasteiger partial charge in [-0.05, 0) is 26.0 Å². The minimum absolute atomic E-state index is 0.216. The van der Waals surface area contributed by atoms with Gasteiger partial charge in [0.15, 0.2) is 6.29 Å². The van der Waals surface area contributed by atoms with Crippen LogP contribution < -0.4 is 4.90 Å². The first-order valence-electron chi connectivity index (χ1n) is 5.62. The van der Waals surface area contributed by atoms with Gasteiger partial charge in [0.05, 0.1) is 23.3 Å². The van der Waals surface area contributed by atoms with Crippen LogP contribution in [0.15, 0.2) is 18.2 Å². The summed E-state index contributed by atoms with van der Waals surface area (Å²) >= 11 is 5.97. The number of carbonyl (C=O) groups excluding carboxylic acids is 1. The number of carbonyl (C=O) groups is 1. The molecule has 94 valence electrons. The number of rotatable bonds is 6. The van der Waals surface area contributed by atoms with E-state index in [-0.39, 0.29) is 6.10 Å². The fraction of sp³-hybridized carbons (Fsp3) is 0.462. The Balaban J connectivity index is 2.71. The minimum Gasteiger partial charge on any atom is -0.377 e. The smallest absolute Gasteiger partial charge is 0.153 e. The molecule has 0 amide bonds. The highest BCUT2D eigenvalue weighted by Gasteiger charge is 2.10. The summed E-state index contributed by atoms with van der Waals surface area (Å²) < 4.78 is 5.47. The van der Waals surface area contributed by atoms with Crippen LogP contribution in [-0.4, -0.2) is 32.6 Å². The Kier molecular flexibility index (Phi) is 5.45. The lowest BCUT2D eigenvalue weighted by atomic mass is 10.2. The molecular formula is C13H18ClNO2. The number of hydrogen-bond donors (Lipinski definition) is 0. The van der Waals surface area contributed by atoms with E-state index in [0.717, 1.165) is 18.5 Å². The van der Waals surface area contributed by atoms with E-state index in [2.05, 4.69) is 0 Å². The molecule has 0 aliphatic heterocycles. The number of ether oxygens (including phenoxy) is 1. The Morgan fingerprint density at radius 3 is 2.76 bits per heavy atom. The van der Waals surface area contributed by atoms with Gasteiger partial charge in [0.2, 0.25) is 0 Å². The second kappa shape index (κ2) is 6.62. The van der Waals surface area contributed by atoms with Gasteiger partial charge in [-0.2, -0.15) is 0 Å². The van der Waals surface area contributed by atoms with Crippen LogP contribution in [-0.2, 0) is 4.74 Å². The predicted octanol–water partition coefficient (Wildman–Crippen LogP) is 3.01. The van der Waals surface area contributed by atoms with Gasteiger partial charge in [0.25, 0.3) is 0 Å². The van der Waals surface area contributed by atoms with Crippen molar-refractivity contribution >= 4 is 23.6 Å². The standard InChI is InChI=1S/C13H18ClNO2/c1-10(2)17-8-7-15(3)13-6-4-5-12(14)11(13)9-16/h4-6,9-10H,7-8H2,1-3H3. The van der Waals surface area contributed by atoms with E-state index in [4.69, 9.17) is 16.3 Å². The Morgan fingerprint density at radius 2 is 2.18 bits per heavy atom. The van der Waals surface area contributed by atoms with Gasteiger partial charge in [-0.25, -0.2) is 0 Å². The van der Waals surface area contributed by atoms with Crippen LogP contribution in [0, 0.1) is 0 Å². The fourth-order valence-corrected chi connectivity index (χ4v) is 1.74. The van der Waals surface area contributed by atoms with Gasteiger partial charge < -0.3 is 9.64 Å².